The van der Waals surface area contributed by atoms with Gasteiger partial charge in [-0.2, -0.15) is 4.39 Å². The second-order valence-corrected chi connectivity index (χ2v) is 11.0. The summed E-state index contributed by atoms with van der Waals surface area (Å²) in [4.78, 5) is 34.0. The molecule has 218 valence electrons. The minimum Gasteiger partial charge on any atom is -0.453 e. The van der Waals surface area contributed by atoms with Gasteiger partial charge in [0.05, 0.1) is 59.7 Å². The van der Waals surface area contributed by atoms with Crippen molar-refractivity contribution < 1.29 is 23.0 Å². The zero-order valence-electron chi connectivity index (χ0n) is 23.2. The smallest absolute Gasteiger partial charge is 0.407 e. The summed E-state index contributed by atoms with van der Waals surface area (Å²) >= 11 is 0. The van der Waals surface area contributed by atoms with Gasteiger partial charge in [-0.15, -0.1) is 5.10 Å². The Morgan fingerprint density at radius 1 is 1.21 bits per heavy atom. The lowest BCUT2D eigenvalue weighted by atomic mass is 9.97. The summed E-state index contributed by atoms with van der Waals surface area (Å²) in [6.45, 7) is -0.165. The fourth-order valence-electron chi connectivity index (χ4n) is 6.52. The zero-order chi connectivity index (χ0) is 29.3. The molecule has 1 saturated carbocycles. The van der Waals surface area contributed by atoms with E-state index >= 15 is 8.78 Å². The molecule has 0 saturated heterocycles. The third-order valence-electron chi connectivity index (χ3n) is 8.45. The molecule has 4 atom stereocenters. The van der Waals surface area contributed by atoms with Crippen molar-refractivity contribution in [2.24, 2.45) is 14.1 Å². The molecule has 1 fully saturated rings. The number of carbonyl (C=O) groups is 1. The van der Waals surface area contributed by atoms with E-state index in [1.807, 2.05) is 24.3 Å². The number of aromatic nitrogens is 6. The lowest BCUT2D eigenvalue weighted by Crippen LogP contribution is -2.41. The van der Waals surface area contributed by atoms with E-state index in [1.54, 1.807) is 31.1 Å². The first-order valence-corrected chi connectivity index (χ1v) is 13.7. The number of H-pyrrole nitrogens is 1. The Bertz CT molecular complexity index is 1910. The van der Waals surface area contributed by atoms with Crippen molar-refractivity contribution in [3.8, 4) is 22.4 Å². The van der Waals surface area contributed by atoms with E-state index in [0.29, 0.717) is 46.2 Å². The van der Waals surface area contributed by atoms with Gasteiger partial charge >= 0.3 is 11.8 Å². The summed E-state index contributed by atoms with van der Waals surface area (Å²) in [6.07, 6.45) is 1.59. The second kappa shape index (κ2) is 9.79. The monoisotopic (exact) mass is 577 g/mol. The van der Waals surface area contributed by atoms with Crippen LogP contribution in [-0.2, 0) is 30.0 Å². The normalized spacial score (nSPS) is 22.1. The molecule has 3 aliphatic rings. The second-order valence-electron chi connectivity index (χ2n) is 11.0. The fraction of sp³-hybridized carbons (Fsp3) is 0.379. The number of hydrogen-bond acceptors (Lipinski definition) is 6. The first-order chi connectivity index (χ1) is 20.2. The summed E-state index contributed by atoms with van der Waals surface area (Å²) in [7, 11) is 4.59. The van der Waals surface area contributed by atoms with E-state index in [1.165, 1.54) is 16.4 Å². The molecule has 1 aromatic carbocycles. The van der Waals surface area contributed by atoms with Crippen LogP contribution in [0.4, 0.5) is 13.6 Å². The van der Waals surface area contributed by atoms with E-state index < -0.39 is 36.4 Å². The first kappa shape index (κ1) is 26.4. The third-order valence-corrected chi connectivity index (χ3v) is 8.45. The molecule has 4 bridgehead atoms. The minimum absolute atomic E-state index is 0.135. The number of pyridine rings is 1. The highest BCUT2D eigenvalue weighted by Gasteiger charge is 2.40. The standard InChI is InChI=1S/C29H29F2N7O4/c1-36-12-18(26(31)35-36)24-22-15-6-4-14(5-7-15)8-16(30)13-42-21-10-17(9-19(21)33-28(39)41-3)38-25-20(37(2)29(38)40)11-32-27(34-24)23(22)25/h4-7,11-12,16-17,19,21H,8-10,13H2,1-3H3,(H,32,34)(H,33,39)/t16-,17+,19+,21-/m1/s1. The maximum atomic E-state index is 15.1. The Morgan fingerprint density at radius 3 is 2.71 bits per heavy atom. The van der Waals surface area contributed by atoms with Gasteiger partial charge in [0.2, 0.25) is 5.95 Å². The number of rotatable bonds is 2. The predicted octanol–water partition coefficient (Wildman–Crippen LogP) is 3.76. The number of alkyl carbamates (subject to hydrolysis) is 1. The number of benzene rings is 1. The highest BCUT2D eigenvalue weighted by atomic mass is 19.1. The molecule has 1 amide bonds. The van der Waals surface area contributed by atoms with Crippen molar-refractivity contribution in [1.82, 2.24) is 34.2 Å². The highest BCUT2D eigenvalue weighted by molar-refractivity contribution is 6.14. The molecule has 2 aliphatic heterocycles. The molecule has 4 aromatic heterocycles. The number of alkyl halides is 1. The van der Waals surface area contributed by atoms with Crippen LogP contribution in [0.2, 0.25) is 0 Å². The van der Waals surface area contributed by atoms with Crippen LogP contribution in [0.5, 0.6) is 0 Å². The van der Waals surface area contributed by atoms with Crippen LogP contribution < -0.4 is 11.0 Å². The number of aromatic amines is 1. The number of fused-ring (bicyclic) bond motifs is 5. The molecule has 5 aromatic rings. The number of amides is 1. The number of aryl methyl sites for hydroxylation is 2. The van der Waals surface area contributed by atoms with Gasteiger partial charge in [0.1, 0.15) is 11.8 Å². The van der Waals surface area contributed by atoms with Crippen molar-refractivity contribution in [2.75, 3.05) is 13.7 Å². The molecule has 6 heterocycles. The molecular formula is C29H29F2N7O4. The average molecular weight is 578 g/mol. The van der Waals surface area contributed by atoms with Crippen LogP contribution in [0.1, 0.15) is 24.4 Å². The predicted molar refractivity (Wildman–Crippen MR) is 150 cm³/mol. The summed E-state index contributed by atoms with van der Waals surface area (Å²) < 4.78 is 45.8. The number of imidazole rings is 1. The maximum absolute atomic E-state index is 15.1. The molecule has 13 heteroatoms. The van der Waals surface area contributed by atoms with E-state index in [9.17, 15) is 9.59 Å². The van der Waals surface area contributed by atoms with E-state index in [2.05, 4.69) is 20.4 Å². The Kier molecular flexibility index (Phi) is 6.15. The first-order valence-electron chi connectivity index (χ1n) is 13.7. The van der Waals surface area contributed by atoms with Crippen LogP contribution in [0, 0.1) is 5.95 Å². The number of methoxy groups -OCH3 is 1. The average Bonchev–Trinajstić information content (AvgIpc) is 3.70. The van der Waals surface area contributed by atoms with Crippen LogP contribution in [0.3, 0.4) is 0 Å². The maximum Gasteiger partial charge on any atom is 0.407 e. The number of ether oxygens (including phenoxy) is 2. The lowest BCUT2D eigenvalue weighted by Gasteiger charge is -2.21. The number of halogens is 2. The lowest BCUT2D eigenvalue weighted by molar-refractivity contribution is 0.00763. The summed E-state index contributed by atoms with van der Waals surface area (Å²) in [5, 5.41) is 7.36. The number of nitrogens with zero attached hydrogens (tertiary/aromatic N) is 5. The molecule has 0 radical (unpaired) electrons. The van der Waals surface area contributed by atoms with Crippen molar-refractivity contribution in [2.45, 2.75) is 43.6 Å². The van der Waals surface area contributed by atoms with Gasteiger partial charge in [-0.05, 0) is 24.0 Å². The number of hydrogen-bond donors (Lipinski definition) is 2. The van der Waals surface area contributed by atoms with Gasteiger partial charge in [0.25, 0.3) is 0 Å². The summed E-state index contributed by atoms with van der Waals surface area (Å²) in [6, 6.07) is 6.51. The van der Waals surface area contributed by atoms with E-state index in [4.69, 9.17) is 9.47 Å². The third kappa shape index (κ3) is 4.10. The van der Waals surface area contributed by atoms with Crippen LogP contribution in [0.25, 0.3) is 44.5 Å². The van der Waals surface area contributed by atoms with E-state index in [-0.39, 0.29) is 24.3 Å². The molecule has 2 N–H and O–H groups in total. The SMILES string of the molecule is COC(=O)N[C@H]1C[C@H]2C[C@H]1OC[C@H](F)Cc1ccc(cc1)-c1c(-c3cn(C)nc3F)[nH]c3ncc4c(c13)n2c(=O)n4C. The molecule has 8 rings (SSSR count). The minimum atomic E-state index is -1.29. The van der Waals surface area contributed by atoms with Crippen LogP contribution in [-0.4, -0.2) is 67.0 Å². The van der Waals surface area contributed by atoms with E-state index in [0.717, 1.165) is 11.1 Å². The summed E-state index contributed by atoms with van der Waals surface area (Å²) in [5.41, 5.74) is 4.32. The molecule has 0 unspecified atom stereocenters. The van der Waals surface area contributed by atoms with Crippen molar-refractivity contribution >= 4 is 28.2 Å². The number of nitrogens with one attached hydrogen (secondary N) is 2. The topological polar surface area (TPSA) is 121 Å². The van der Waals surface area contributed by atoms with Crippen LogP contribution >= 0.6 is 0 Å². The quantitative estimate of drug-likeness (QED) is 0.330. The molecule has 42 heavy (non-hydrogen) atoms. The number of carbonyl (C=O) groups excluding carboxylic acids is 1. The Hall–Kier alpha value is -4.52. The Morgan fingerprint density at radius 2 is 2.00 bits per heavy atom. The molecule has 11 nitrogen and oxygen atoms in total. The Balaban J connectivity index is 1.54. The van der Waals surface area contributed by atoms with Crippen molar-refractivity contribution in [1.29, 1.82) is 0 Å². The van der Waals surface area contributed by atoms with Crippen LogP contribution in [0.15, 0.2) is 41.5 Å². The zero-order valence-corrected chi connectivity index (χ0v) is 23.2. The molecule has 1 aliphatic carbocycles. The van der Waals surface area contributed by atoms with Gasteiger partial charge in [-0.1, -0.05) is 24.3 Å². The van der Waals surface area contributed by atoms with Crippen molar-refractivity contribution in [3.63, 3.8) is 0 Å². The largest absolute Gasteiger partial charge is 0.453 e. The van der Waals surface area contributed by atoms with Gasteiger partial charge in [0, 0.05) is 38.3 Å². The van der Waals surface area contributed by atoms with Gasteiger partial charge < -0.3 is 19.8 Å². The highest BCUT2D eigenvalue weighted by Crippen LogP contribution is 2.43. The fourth-order valence-corrected chi connectivity index (χ4v) is 6.52. The molecular weight excluding hydrogens is 548 g/mol. The van der Waals surface area contributed by atoms with Gasteiger partial charge in [0.15, 0.2) is 0 Å². The van der Waals surface area contributed by atoms with Gasteiger partial charge in [-0.3, -0.25) is 13.8 Å². The Labute approximate surface area is 238 Å². The molecule has 0 spiro atoms. The van der Waals surface area contributed by atoms with Crippen molar-refractivity contribution in [3.05, 3.63) is 58.7 Å². The van der Waals surface area contributed by atoms with Gasteiger partial charge in [-0.25, -0.2) is 19.0 Å². The summed E-state index contributed by atoms with van der Waals surface area (Å²) in [5.74, 6) is -0.651.